The zero-order valence-electron chi connectivity index (χ0n) is 14.5. The second-order valence-corrected chi connectivity index (χ2v) is 8.01. The largest absolute Gasteiger partial charge is 0.454 e. The third kappa shape index (κ3) is 4.39. The zero-order chi connectivity index (χ0) is 19.8. The lowest BCUT2D eigenvalue weighted by molar-refractivity contribution is -0.115. The number of amides is 1. The third-order valence-corrected chi connectivity index (χ3v) is 5.74. The molecule has 0 aliphatic carbocycles. The Hall–Kier alpha value is -1.37. The summed E-state index contributed by atoms with van der Waals surface area (Å²) < 4.78 is 10.7. The highest BCUT2D eigenvalue weighted by Crippen LogP contribution is 2.41. The van der Waals surface area contributed by atoms with Crippen molar-refractivity contribution in [2.45, 2.75) is 19.4 Å². The Kier molecular flexibility index (Phi) is 5.99. The quantitative estimate of drug-likeness (QED) is 0.592. The summed E-state index contributed by atoms with van der Waals surface area (Å²) in [4.78, 5) is 12.4. The van der Waals surface area contributed by atoms with E-state index in [0.29, 0.717) is 11.5 Å². The monoisotopic (exact) mass is 448 g/mol. The van der Waals surface area contributed by atoms with Crippen LogP contribution in [0.5, 0.6) is 11.5 Å². The Morgan fingerprint density at radius 1 is 1.04 bits per heavy atom. The van der Waals surface area contributed by atoms with E-state index in [-0.39, 0.29) is 45.0 Å². The van der Waals surface area contributed by atoms with Gasteiger partial charge in [0.2, 0.25) is 12.7 Å². The van der Waals surface area contributed by atoms with Crippen molar-refractivity contribution >= 4 is 58.0 Å². The van der Waals surface area contributed by atoms with Crippen LogP contribution in [-0.4, -0.2) is 19.2 Å². The lowest BCUT2D eigenvalue weighted by Gasteiger charge is -2.27. The van der Waals surface area contributed by atoms with Crippen molar-refractivity contribution in [3.05, 3.63) is 49.9 Å². The fourth-order valence-electron chi connectivity index (χ4n) is 2.56. The Balaban J connectivity index is 1.69. The molecule has 27 heavy (non-hydrogen) atoms. The molecule has 1 heterocycles. The maximum atomic E-state index is 12.4. The minimum atomic E-state index is -0.502. The van der Waals surface area contributed by atoms with E-state index in [1.54, 1.807) is 0 Å². The van der Waals surface area contributed by atoms with Gasteiger partial charge in [-0.15, -0.1) is 0 Å². The van der Waals surface area contributed by atoms with E-state index in [9.17, 15) is 4.79 Å². The van der Waals surface area contributed by atoms with Gasteiger partial charge in [0.15, 0.2) is 11.5 Å². The van der Waals surface area contributed by atoms with Gasteiger partial charge in [-0.3, -0.25) is 10.1 Å². The first-order valence-electron chi connectivity index (χ1n) is 7.97. The number of carbonyl (C=O) groups is 1. The average molecular weight is 450 g/mol. The van der Waals surface area contributed by atoms with E-state index >= 15 is 0 Å². The molecule has 2 aromatic carbocycles. The van der Waals surface area contributed by atoms with Gasteiger partial charge in [-0.2, -0.15) is 0 Å². The molecule has 0 radical (unpaired) electrons. The van der Waals surface area contributed by atoms with Crippen molar-refractivity contribution in [1.29, 1.82) is 0 Å². The normalized spacial score (nSPS) is 13.0. The van der Waals surface area contributed by atoms with Crippen molar-refractivity contribution in [1.82, 2.24) is 5.32 Å². The number of hydrogen-bond donors (Lipinski definition) is 2. The lowest BCUT2D eigenvalue weighted by Crippen LogP contribution is -2.41. The first-order valence-corrected chi connectivity index (χ1v) is 9.48. The minimum absolute atomic E-state index is 0.0121. The summed E-state index contributed by atoms with van der Waals surface area (Å²) in [6.07, 6.45) is 0. The standard InChI is InChI=1S/C18H16Cl4N2O3/c1-18(2,9-3-4-12-13(5-9)27-8-26-12)23-7-14(25)24-17-15(21)10(19)6-11(20)16(17)22/h3-6,23H,7-8H2,1-2H3,(H,24,25). The molecule has 3 rings (SSSR count). The predicted molar refractivity (Wildman–Crippen MR) is 109 cm³/mol. The molecule has 144 valence electrons. The van der Waals surface area contributed by atoms with Gasteiger partial charge in [0.25, 0.3) is 0 Å². The Morgan fingerprint density at radius 3 is 2.33 bits per heavy atom. The van der Waals surface area contributed by atoms with Crippen LogP contribution in [0.1, 0.15) is 19.4 Å². The van der Waals surface area contributed by atoms with Crippen LogP contribution in [0.4, 0.5) is 5.69 Å². The molecule has 1 amide bonds. The van der Waals surface area contributed by atoms with Gasteiger partial charge in [-0.05, 0) is 37.6 Å². The molecular formula is C18H16Cl4N2O3. The molecule has 2 N–H and O–H groups in total. The maximum absolute atomic E-state index is 12.4. The number of fused-ring (bicyclic) bond motifs is 1. The number of hydrogen-bond acceptors (Lipinski definition) is 4. The van der Waals surface area contributed by atoms with E-state index < -0.39 is 5.54 Å². The van der Waals surface area contributed by atoms with Gasteiger partial charge < -0.3 is 14.8 Å². The van der Waals surface area contributed by atoms with E-state index in [1.165, 1.54) is 6.07 Å². The Bertz CT molecular complexity index is 876. The first kappa shape index (κ1) is 20.4. The SMILES string of the molecule is CC(C)(NCC(=O)Nc1c(Cl)c(Cl)cc(Cl)c1Cl)c1ccc2c(c1)OCO2. The molecule has 9 heteroatoms. The van der Waals surface area contributed by atoms with Gasteiger partial charge in [0.1, 0.15) is 0 Å². The number of halogens is 4. The minimum Gasteiger partial charge on any atom is -0.454 e. The average Bonchev–Trinajstić information content (AvgIpc) is 3.10. The lowest BCUT2D eigenvalue weighted by atomic mass is 9.94. The predicted octanol–water partition coefficient (Wildman–Crippen LogP) is 5.49. The van der Waals surface area contributed by atoms with Crippen molar-refractivity contribution in [3.8, 4) is 11.5 Å². The fourth-order valence-corrected chi connectivity index (χ4v) is 3.46. The second-order valence-electron chi connectivity index (χ2n) is 6.44. The smallest absolute Gasteiger partial charge is 0.238 e. The van der Waals surface area contributed by atoms with Crippen LogP contribution in [0.15, 0.2) is 24.3 Å². The fraction of sp³-hybridized carbons (Fsp3) is 0.278. The number of nitrogens with one attached hydrogen (secondary N) is 2. The highest BCUT2D eigenvalue weighted by Gasteiger charge is 2.25. The number of benzene rings is 2. The summed E-state index contributed by atoms with van der Waals surface area (Å²) in [7, 11) is 0. The number of ether oxygens (including phenoxy) is 2. The summed E-state index contributed by atoms with van der Waals surface area (Å²) in [6.45, 7) is 4.12. The molecule has 5 nitrogen and oxygen atoms in total. The van der Waals surface area contributed by atoms with Crippen molar-refractivity contribution in [2.75, 3.05) is 18.7 Å². The molecule has 0 spiro atoms. The molecule has 0 unspecified atom stereocenters. The van der Waals surface area contributed by atoms with Gasteiger partial charge in [0.05, 0.1) is 32.3 Å². The summed E-state index contributed by atoms with van der Waals surface area (Å²) in [5.41, 5.74) is 0.627. The highest BCUT2D eigenvalue weighted by molar-refractivity contribution is 6.50. The third-order valence-electron chi connectivity index (χ3n) is 4.16. The molecular weight excluding hydrogens is 434 g/mol. The van der Waals surface area contributed by atoms with Crippen molar-refractivity contribution in [3.63, 3.8) is 0 Å². The number of rotatable bonds is 5. The van der Waals surface area contributed by atoms with Crippen LogP contribution in [0.25, 0.3) is 0 Å². The molecule has 0 fully saturated rings. The molecule has 0 saturated heterocycles. The molecule has 0 aromatic heterocycles. The Labute approximate surface area is 176 Å². The zero-order valence-corrected chi connectivity index (χ0v) is 17.5. The molecule has 1 aliphatic heterocycles. The Morgan fingerprint density at radius 2 is 1.67 bits per heavy atom. The molecule has 0 atom stereocenters. The van der Waals surface area contributed by atoms with E-state index in [1.807, 2.05) is 32.0 Å². The van der Waals surface area contributed by atoms with Crippen molar-refractivity contribution < 1.29 is 14.3 Å². The van der Waals surface area contributed by atoms with Crippen LogP contribution in [0.2, 0.25) is 20.1 Å². The molecule has 1 aliphatic rings. The second kappa shape index (κ2) is 7.94. The van der Waals surface area contributed by atoms with Crippen LogP contribution in [0, 0.1) is 0 Å². The topological polar surface area (TPSA) is 59.6 Å². The van der Waals surface area contributed by atoms with Gasteiger partial charge in [-0.1, -0.05) is 52.5 Å². The van der Waals surface area contributed by atoms with Crippen LogP contribution >= 0.6 is 46.4 Å². The van der Waals surface area contributed by atoms with E-state index in [4.69, 9.17) is 55.9 Å². The summed E-state index contributed by atoms with van der Waals surface area (Å²) >= 11 is 24.2. The molecule has 0 saturated carbocycles. The van der Waals surface area contributed by atoms with Gasteiger partial charge in [-0.25, -0.2) is 0 Å². The van der Waals surface area contributed by atoms with Gasteiger partial charge in [0, 0.05) is 5.54 Å². The maximum Gasteiger partial charge on any atom is 0.238 e. The molecule has 0 bridgehead atoms. The van der Waals surface area contributed by atoms with Gasteiger partial charge >= 0.3 is 0 Å². The van der Waals surface area contributed by atoms with Crippen LogP contribution < -0.4 is 20.1 Å². The van der Waals surface area contributed by atoms with Crippen LogP contribution in [0.3, 0.4) is 0 Å². The van der Waals surface area contributed by atoms with Crippen molar-refractivity contribution in [2.24, 2.45) is 0 Å². The molecule has 2 aromatic rings. The van der Waals surface area contributed by atoms with E-state index in [2.05, 4.69) is 10.6 Å². The highest BCUT2D eigenvalue weighted by atomic mass is 35.5. The summed E-state index contributed by atoms with van der Waals surface area (Å²) in [5.74, 6) is 1.04. The van der Waals surface area contributed by atoms with E-state index in [0.717, 1.165) is 5.56 Å². The summed E-state index contributed by atoms with van der Waals surface area (Å²) in [5, 5.41) is 6.52. The van der Waals surface area contributed by atoms with Crippen LogP contribution in [-0.2, 0) is 10.3 Å². The first-order chi connectivity index (χ1) is 12.7. The number of anilines is 1. The summed E-state index contributed by atoms with van der Waals surface area (Å²) in [6, 6.07) is 7.07. The number of carbonyl (C=O) groups excluding carboxylic acids is 1.